The van der Waals surface area contributed by atoms with Crippen LogP contribution in [0.1, 0.15) is 21.5 Å². The van der Waals surface area contributed by atoms with Crippen molar-refractivity contribution in [3.8, 4) is 0 Å². The molecule has 3 rings (SSSR count). The highest BCUT2D eigenvalue weighted by Gasteiger charge is 2.18. The van der Waals surface area contributed by atoms with Gasteiger partial charge in [-0.3, -0.25) is 14.4 Å². The molecule has 0 radical (unpaired) electrons. The highest BCUT2D eigenvalue weighted by Crippen LogP contribution is 2.24. The van der Waals surface area contributed by atoms with E-state index in [4.69, 9.17) is 23.2 Å². The zero-order chi connectivity index (χ0) is 23.1. The first-order valence-electron chi connectivity index (χ1n) is 9.40. The Morgan fingerprint density at radius 3 is 2.31 bits per heavy atom. The molecule has 3 N–H and O–H groups in total. The van der Waals surface area contributed by atoms with Crippen molar-refractivity contribution in [2.75, 3.05) is 10.6 Å². The number of aryl methyl sites for hydroxylation is 1. The zero-order valence-electron chi connectivity index (χ0n) is 16.9. The summed E-state index contributed by atoms with van der Waals surface area (Å²) in [6.45, 7) is 1.94. The number of halogens is 2. The number of carbonyl (C=O) groups excluding carboxylic acids is 3. The molecule has 0 saturated carbocycles. The summed E-state index contributed by atoms with van der Waals surface area (Å²) in [6, 6.07) is 18.5. The van der Waals surface area contributed by atoms with Gasteiger partial charge >= 0.3 is 11.8 Å². The van der Waals surface area contributed by atoms with E-state index in [0.717, 1.165) is 5.56 Å². The quantitative estimate of drug-likeness (QED) is 0.288. The van der Waals surface area contributed by atoms with Crippen LogP contribution in [0.25, 0.3) is 0 Å². The van der Waals surface area contributed by atoms with Crippen molar-refractivity contribution in [1.82, 2.24) is 5.43 Å². The Kier molecular flexibility index (Phi) is 7.59. The summed E-state index contributed by atoms with van der Waals surface area (Å²) in [6.07, 6.45) is 1.27. The van der Waals surface area contributed by atoms with E-state index < -0.39 is 17.7 Å². The largest absolute Gasteiger partial charge is 0.329 e. The average Bonchev–Trinajstić information content (AvgIpc) is 2.78. The van der Waals surface area contributed by atoms with E-state index in [1.807, 2.05) is 19.1 Å². The smallest absolute Gasteiger partial charge is 0.322 e. The highest BCUT2D eigenvalue weighted by atomic mass is 35.5. The molecular weight excluding hydrogens is 451 g/mol. The second-order valence-electron chi connectivity index (χ2n) is 6.66. The summed E-state index contributed by atoms with van der Waals surface area (Å²) >= 11 is 12.0. The van der Waals surface area contributed by atoms with Crippen molar-refractivity contribution >= 4 is 58.5 Å². The van der Waals surface area contributed by atoms with E-state index in [1.165, 1.54) is 18.3 Å². The summed E-state index contributed by atoms with van der Waals surface area (Å²) in [5.74, 6) is -2.44. The maximum absolute atomic E-state index is 12.6. The lowest BCUT2D eigenvalue weighted by Gasteiger charge is -2.11. The third kappa shape index (κ3) is 5.94. The van der Waals surface area contributed by atoms with Gasteiger partial charge in [0.2, 0.25) is 0 Å². The van der Waals surface area contributed by atoms with Gasteiger partial charge in [0.15, 0.2) is 0 Å². The summed E-state index contributed by atoms with van der Waals surface area (Å²) in [4.78, 5) is 37.0. The number of nitrogens with zero attached hydrogens (tertiary/aromatic N) is 1. The van der Waals surface area contributed by atoms with E-state index in [-0.39, 0.29) is 16.3 Å². The topological polar surface area (TPSA) is 99.7 Å². The van der Waals surface area contributed by atoms with E-state index in [0.29, 0.717) is 16.3 Å². The lowest BCUT2D eigenvalue weighted by molar-refractivity contribution is -0.136. The van der Waals surface area contributed by atoms with Gasteiger partial charge in [0.05, 0.1) is 27.5 Å². The van der Waals surface area contributed by atoms with Crippen LogP contribution in [-0.4, -0.2) is 23.9 Å². The van der Waals surface area contributed by atoms with E-state index in [1.54, 1.807) is 42.5 Å². The van der Waals surface area contributed by atoms with Crippen molar-refractivity contribution in [2.24, 2.45) is 5.10 Å². The van der Waals surface area contributed by atoms with Crippen molar-refractivity contribution in [3.63, 3.8) is 0 Å². The number of amides is 3. The molecule has 0 aliphatic carbocycles. The molecule has 0 atom stereocenters. The van der Waals surface area contributed by atoms with Crippen LogP contribution in [0.5, 0.6) is 0 Å². The lowest BCUT2D eigenvalue weighted by Crippen LogP contribution is -2.33. The number of hydrogen-bond donors (Lipinski definition) is 3. The Hall–Kier alpha value is -3.68. The van der Waals surface area contributed by atoms with Crippen molar-refractivity contribution < 1.29 is 14.4 Å². The SMILES string of the molecule is Cc1ccc(NC(=O)c2ccccc2NC(=O)C(=O)N/N=C\c2cccc(Cl)c2Cl)cc1. The molecular formula is C23H18Cl2N4O3. The van der Waals surface area contributed by atoms with Gasteiger partial charge in [0.25, 0.3) is 5.91 Å². The molecule has 0 heterocycles. The molecule has 0 aliphatic rings. The Balaban J connectivity index is 1.65. The third-order valence-corrected chi connectivity index (χ3v) is 5.12. The molecule has 3 aromatic rings. The van der Waals surface area contributed by atoms with Gasteiger partial charge < -0.3 is 10.6 Å². The summed E-state index contributed by atoms with van der Waals surface area (Å²) in [5, 5.41) is 9.50. The first-order valence-corrected chi connectivity index (χ1v) is 10.2. The maximum atomic E-state index is 12.6. The average molecular weight is 469 g/mol. The van der Waals surface area contributed by atoms with Gasteiger partial charge in [-0.25, -0.2) is 5.43 Å². The molecule has 3 amide bonds. The van der Waals surface area contributed by atoms with Crippen molar-refractivity contribution in [3.05, 3.63) is 93.5 Å². The van der Waals surface area contributed by atoms with Crippen molar-refractivity contribution in [2.45, 2.75) is 6.92 Å². The lowest BCUT2D eigenvalue weighted by atomic mass is 10.1. The zero-order valence-corrected chi connectivity index (χ0v) is 18.4. The second-order valence-corrected chi connectivity index (χ2v) is 7.45. The predicted octanol–water partition coefficient (Wildman–Crippen LogP) is 4.64. The minimum Gasteiger partial charge on any atom is -0.322 e. The Morgan fingerprint density at radius 2 is 1.56 bits per heavy atom. The number of anilines is 2. The van der Waals surface area contributed by atoms with Crippen LogP contribution in [0, 0.1) is 6.92 Å². The third-order valence-electron chi connectivity index (χ3n) is 4.29. The fraction of sp³-hybridized carbons (Fsp3) is 0.0435. The molecule has 0 spiro atoms. The van der Waals surface area contributed by atoms with E-state index in [2.05, 4.69) is 21.2 Å². The fourth-order valence-corrected chi connectivity index (χ4v) is 2.99. The number of hydrazone groups is 1. The number of rotatable bonds is 5. The molecule has 0 bridgehead atoms. The molecule has 7 nitrogen and oxygen atoms in total. The van der Waals surface area contributed by atoms with Crippen LogP contribution in [-0.2, 0) is 9.59 Å². The molecule has 0 saturated heterocycles. The molecule has 9 heteroatoms. The van der Waals surface area contributed by atoms with E-state index in [9.17, 15) is 14.4 Å². The second kappa shape index (κ2) is 10.6. The number of hydrogen-bond acceptors (Lipinski definition) is 4. The summed E-state index contributed by atoms with van der Waals surface area (Å²) in [7, 11) is 0. The predicted molar refractivity (Wildman–Crippen MR) is 126 cm³/mol. The fourth-order valence-electron chi connectivity index (χ4n) is 2.64. The van der Waals surface area contributed by atoms with Gasteiger partial charge in [0, 0.05) is 11.3 Å². The van der Waals surface area contributed by atoms with Gasteiger partial charge in [-0.15, -0.1) is 0 Å². The Bertz CT molecular complexity index is 1190. The molecule has 0 unspecified atom stereocenters. The molecule has 0 aromatic heterocycles. The number of nitrogens with one attached hydrogen (secondary N) is 3. The molecule has 32 heavy (non-hydrogen) atoms. The van der Waals surface area contributed by atoms with Crippen molar-refractivity contribution in [1.29, 1.82) is 0 Å². The maximum Gasteiger partial charge on any atom is 0.329 e. The minimum absolute atomic E-state index is 0.180. The highest BCUT2D eigenvalue weighted by molar-refractivity contribution is 6.43. The summed E-state index contributed by atoms with van der Waals surface area (Å²) < 4.78 is 0. The Labute approximate surface area is 194 Å². The minimum atomic E-state index is -1.02. The van der Waals surface area contributed by atoms with Crippen LogP contribution in [0.4, 0.5) is 11.4 Å². The summed E-state index contributed by atoms with van der Waals surface area (Å²) in [5.41, 5.74) is 4.62. The van der Waals surface area contributed by atoms with Gasteiger partial charge in [-0.1, -0.05) is 65.2 Å². The molecule has 3 aromatic carbocycles. The first-order chi connectivity index (χ1) is 15.3. The van der Waals surface area contributed by atoms with Crippen LogP contribution in [0.3, 0.4) is 0 Å². The van der Waals surface area contributed by atoms with Crippen LogP contribution < -0.4 is 16.1 Å². The molecule has 0 fully saturated rings. The monoisotopic (exact) mass is 468 g/mol. The molecule has 0 aliphatic heterocycles. The van der Waals surface area contributed by atoms with Crippen LogP contribution >= 0.6 is 23.2 Å². The molecule has 162 valence electrons. The van der Waals surface area contributed by atoms with Gasteiger partial charge in [0.1, 0.15) is 0 Å². The normalized spacial score (nSPS) is 10.6. The number of carbonyl (C=O) groups is 3. The number of para-hydroxylation sites is 1. The first kappa shape index (κ1) is 23.0. The Morgan fingerprint density at radius 1 is 0.844 bits per heavy atom. The van der Waals surface area contributed by atoms with Crippen LogP contribution in [0.15, 0.2) is 71.8 Å². The standard InChI is InChI=1S/C23H18Cl2N4O3/c1-14-9-11-16(12-10-14)27-21(30)17-6-2-3-8-19(17)28-22(31)23(32)29-26-13-15-5-4-7-18(24)20(15)25/h2-13H,1H3,(H,27,30)(H,28,31)(H,29,32)/b26-13-. The van der Waals surface area contributed by atoms with Gasteiger partial charge in [-0.2, -0.15) is 5.10 Å². The number of benzene rings is 3. The van der Waals surface area contributed by atoms with E-state index >= 15 is 0 Å². The van der Waals surface area contributed by atoms with Gasteiger partial charge in [-0.05, 0) is 37.3 Å². The van der Waals surface area contributed by atoms with Crippen LogP contribution in [0.2, 0.25) is 10.0 Å².